The molecule has 0 bridgehead atoms. The van der Waals surface area contributed by atoms with Crippen LogP contribution in [0.25, 0.3) is 0 Å². The van der Waals surface area contributed by atoms with Crippen molar-refractivity contribution in [2.75, 3.05) is 5.75 Å². The molecule has 8 nitrogen and oxygen atoms in total. The van der Waals surface area contributed by atoms with E-state index in [0.717, 1.165) is 11.4 Å². The summed E-state index contributed by atoms with van der Waals surface area (Å²) in [4.78, 5) is 20.7. The van der Waals surface area contributed by atoms with Gasteiger partial charge in [0, 0.05) is 31.4 Å². The molecule has 9 heteroatoms. The highest BCUT2D eigenvalue weighted by Crippen LogP contribution is 2.15. The second kappa shape index (κ2) is 7.35. The zero-order chi connectivity index (χ0) is 16.9. The van der Waals surface area contributed by atoms with E-state index in [0.29, 0.717) is 29.5 Å². The van der Waals surface area contributed by atoms with Gasteiger partial charge in [-0.15, -0.1) is 0 Å². The van der Waals surface area contributed by atoms with Crippen LogP contribution in [0.4, 0.5) is 0 Å². The maximum atomic E-state index is 12.3. The Bertz CT molecular complexity index is 875. The summed E-state index contributed by atoms with van der Waals surface area (Å²) in [6.07, 6.45) is 5.41. The quantitative estimate of drug-likeness (QED) is 0.485. The maximum Gasteiger partial charge on any atom is 0.277 e. The molecule has 0 saturated carbocycles. The van der Waals surface area contributed by atoms with Crippen LogP contribution >= 0.6 is 11.8 Å². The molecule has 0 N–H and O–H groups in total. The summed E-state index contributed by atoms with van der Waals surface area (Å²) in [5.74, 6) is 1.42. The number of rotatable bonds is 6. The molecule has 0 aliphatic heterocycles. The van der Waals surface area contributed by atoms with Crippen LogP contribution in [-0.2, 0) is 20.0 Å². The summed E-state index contributed by atoms with van der Waals surface area (Å²) in [5.41, 5.74) is 1.13. The van der Waals surface area contributed by atoms with Gasteiger partial charge in [0.05, 0.1) is 12.2 Å². The molecule has 0 radical (unpaired) electrons. The predicted molar refractivity (Wildman–Crippen MR) is 89.8 cm³/mol. The summed E-state index contributed by atoms with van der Waals surface area (Å²) in [5, 5.41) is 12.9. The van der Waals surface area contributed by atoms with Crippen LogP contribution in [0.2, 0.25) is 0 Å². The molecule has 24 heavy (non-hydrogen) atoms. The van der Waals surface area contributed by atoms with Gasteiger partial charge in [0.1, 0.15) is 6.33 Å². The number of thioether (sulfide) groups is 1. The minimum atomic E-state index is -0.242. The van der Waals surface area contributed by atoms with Crippen LogP contribution in [0.1, 0.15) is 24.0 Å². The van der Waals surface area contributed by atoms with Crippen LogP contribution < -0.4 is 5.56 Å². The van der Waals surface area contributed by atoms with E-state index in [1.165, 1.54) is 11.8 Å². The van der Waals surface area contributed by atoms with Crippen molar-refractivity contribution in [3.8, 4) is 0 Å². The molecule has 3 rings (SSSR count). The molecule has 0 amide bonds. The molecule has 0 unspecified atom stereocenters. The zero-order valence-corrected chi connectivity index (χ0v) is 14.3. The van der Waals surface area contributed by atoms with Crippen molar-refractivity contribution < 1.29 is 0 Å². The lowest BCUT2D eigenvalue weighted by Gasteiger charge is -2.12. The van der Waals surface area contributed by atoms with E-state index in [1.54, 1.807) is 24.3 Å². The van der Waals surface area contributed by atoms with E-state index >= 15 is 0 Å². The molecule has 0 aliphatic rings. The molecular formula is C15H17N7OS. The first-order valence-electron chi connectivity index (χ1n) is 7.50. The number of aromatic nitrogens is 7. The first kappa shape index (κ1) is 16.3. The Morgan fingerprint density at radius 1 is 1.33 bits per heavy atom. The largest absolute Gasteiger partial charge is 0.321 e. The number of aryl methyl sites for hydroxylation is 1. The Kier molecular flexibility index (Phi) is 4.99. The molecular weight excluding hydrogens is 326 g/mol. The third kappa shape index (κ3) is 3.85. The lowest BCUT2D eigenvalue weighted by molar-refractivity contribution is 0.634. The first-order valence-corrected chi connectivity index (χ1v) is 8.48. The van der Waals surface area contributed by atoms with Gasteiger partial charge in [-0.2, -0.15) is 20.3 Å². The van der Waals surface area contributed by atoms with Gasteiger partial charge in [0.2, 0.25) is 0 Å². The van der Waals surface area contributed by atoms with Crippen LogP contribution in [0.15, 0.2) is 40.8 Å². The van der Waals surface area contributed by atoms with E-state index in [-0.39, 0.29) is 5.56 Å². The van der Waals surface area contributed by atoms with Crippen molar-refractivity contribution in [2.45, 2.75) is 25.0 Å². The lowest BCUT2D eigenvalue weighted by atomic mass is 10.2. The molecule has 0 atom stereocenters. The molecule has 3 aromatic heterocycles. The zero-order valence-electron chi connectivity index (χ0n) is 13.5. The number of nitrogens with zero attached hydrogens (tertiary/aromatic N) is 7. The van der Waals surface area contributed by atoms with Crippen molar-refractivity contribution in [1.29, 1.82) is 0 Å². The van der Waals surface area contributed by atoms with E-state index < -0.39 is 0 Å². The Hall–Kier alpha value is -2.55. The SMILES string of the molecule is CCSc1nc(=O)c(Cc2ncn(C)n2)cn1Cc1cccnn1. The lowest BCUT2D eigenvalue weighted by Crippen LogP contribution is -2.20. The van der Waals surface area contributed by atoms with Crippen molar-refractivity contribution in [3.63, 3.8) is 0 Å². The Morgan fingerprint density at radius 2 is 2.21 bits per heavy atom. The Morgan fingerprint density at radius 3 is 2.88 bits per heavy atom. The third-order valence-electron chi connectivity index (χ3n) is 3.26. The monoisotopic (exact) mass is 343 g/mol. The average Bonchev–Trinajstić information content (AvgIpc) is 2.98. The molecule has 3 heterocycles. The van der Waals surface area contributed by atoms with Crippen molar-refractivity contribution in [2.24, 2.45) is 7.05 Å². The summed E-state index contributed by atoms with van der Waals surface area (Å²) in [6, 6.07) is 3.73. The summed E-state index contributed by atoms with van der Waals surface area (Å²) >= 11 is 1.52. The molecule has 3 aromatic rings. The van der Waals surface area contributed by atoms with E-state index in [2.05, 4.69) is 25.3 Å². The fourth-order valence-corrected chi connectivity index (χ4v) is 2.92. The van der Waals surface area contributed by atoms with Crippen molar-refractivity contribution >= 4 is 11.8 Å². The first-order chi connectivity index (χ1) is 11.7. The summed E-state index contributed by atoms with van der Waals surface area (Å²) in [6.45, 7) is 2.53. The Labute approximate surface area is 143 Å². The van der Waals surface area contributed by atoms with Crippen molar-refractivity contribution in [1.82, 2.24) is 34.5 Å². The second-order valence-corrected chi connectivity index (χ2v) is 6.37. The molecule has 0 saturated heterocycles. The highest BCUT2D eigenvalue weighted by Gasteiger charge is 2.12. The van der Waals surface area contributed by atoms with Gasteiger partial charge in [0.25, 0.3) is 5.56 Å². The normalized spacial score (nSPS) is 10.9. The van der Waals surface area contributed by atoms with E-state index in [4.69, 9.17) is 0 Å². The molecule has 0 spiro atoms. The summed E-state index contributed by atoms with van der Waals surface area (Å²) in [7, 11) is 1.79. The van der Waals surface area contributed by atoms with Crippen LogP contribution in [0.5, 0.6) is 0 Å². The fourth-order valence-electron chi connectivity index (χ4n) is 2.23. The average molecular weight is 343 g/mol. The smallest absolute Gasteiger partial charge is 0.277 e. The van der Waals surface area contributed by atoms with Gasteiger partial charge in [0.15, 0.2) is 11.0 Å². The van der Waals surface area contributed by atoms with Crippen LogP contribution in [-0.4, -0.2) is 40.3 Å². The predicted octanol–water partition coefficient (Wildman–Crippen LogP) is 0.913. The highest BCUT2D eigenvalue weighted by atomic mass is 32.2. The van der Waals surface area contributed by atoms with Crippen LogP contribution in [0, 0.1) is 0 Å². The fraction of sp³-hybridized carbons (Fsp3) is 0.333. The molecule has 0 aromatic carbocycles. The summed E-state index contributed by atoms with van der Waals surface area (Å²) < 4.78 is 3.54. The molecule has 124 valence electrons. The third-order valence-corrected chi connectivity index (χ3v) is 4.13. The maximum absolute atomic E-state index is 12.3. The standard InChI is InChI=1S/C15H17N7OS/c1-3-24-15-18-14(23)11(7-13-16-10-21(2)20-13)8-22(15)9-12-5-4-6-17-19-12/h4-6,8,10H,3,7,9H2,1-2H3. The molecule has 0 aliphatic carbocycles. The van der Waals surface area contributed by atoms with Gasteiger partial charge in [-0.05, 0) is 17.9 Å². The highest BCUT2D eigenvalue weighted by molar-refractivity contribution is 7.99. The van der Waals surface area contributed by atoms with E-state index in [9.17, 15) is 4.79 Å². The Balaban J connectivity index is 1.95. The van der Waals surface area contributed by atoms with Gasteiger partial charge < -0.3 is 4.57 Å². The number of hydrogen-bond donors (Lipinski definition) is 0. The van der Waals surface area contributed by atoms with Gasteiger partial charge in [-0.3, -0.25) is 9.48 Å². The minimum absolute atomic E-state index is 0.242. The second-order valence-electron chi connectivity index (χ2n) is 5.14. The topological polar surface area (TPSA) is 91.4 Å². The number of hydrogen-bond acceptors (Lipinski definition) is 7. The van der Waals surface area contributed by atoms with Gasteiger partial charge in [-0.25, -0.2) is 4.98 Å². The molecule has 0 fully saturated rings. The van der Waals surface area contributed by atoms with Gasteiger partial charge in [-0.1, -0.05) is 18.7 Å². The van der Waals surface area contributed by atoms with E-state index in [1.807, 2.05) is 29.8 Å². The minimum Gasteiger partial charge on any atom is -0.321 e. The van der Waals surface area contributed by atoms with Crippen molar-refractivity contribution in [3.05, 3.63) is 58.3 Å². The van der Waals surface area contributed by atoms with Crippen LogP contribution in [0.3, 0.4) is 0 Å². The van der Waals surface area contributed by atoms with Gasteiger partial charge >= 0.3 is 0 Å².